The number of hydrogen-bond acceptors (Lipinski definition) is 4. The first-order chi connectivity index (χ1) is 11.3. The molecule has 1 unspecified atom stereocenters. The van der Waals surface area contributed by atoms with Crippen LogP contribution >= 0.6 is 11.8 Å². The van der Waals surface area contributed by atoms with E-state index < -0.39 is 0 Å². The molecule has 23 heavy (non-hydrogen) atoms. The van der Waals surface area contributed by atoms with Gasteiger partial charge in [0.2, 0.25) is 0 Å². The molecule has 2 N–H and O–H groups in total. The van der Waals surface area contributed by atoms with Crippen LogP contribution in [-0.4, -0.2) is 74.3 Å². The van der Waals surface area contributed by atoms with Crippen LogP contribution in [0.4, 0.5) is 0 Å². The van der Waals surface area contributed by atoms with Crippen LogP contribution in [0.1, 0.15) is 32.1 Å². The molecule has 6 heteroatoms. The number of nitrogens with zero attached hydrogens (tertiary/aromatic N) is 2. The molecule has 0 bridgehead atoms. The Kier molecular flexibility index (Phi) is 6.48. The first kappa shape index (κ1) is 17.4. The molecule has 1 saturated carbocycles. The largest absolute Gasteiger partial charge is 0.381 e. The smallest absolute Gasteiger partial charge is 0.191 e. The molecule has 1 atom stereocenters. The SMILES string of the molecule is CN=C(NCC1CCOC1)NCC1(N2CCSCC2)CCCC1. The van der Waals surface area contributed by atoms with Gasteiger partial charge in [0.05, 0.1) is 6.61 Å². The van der Waals surface area contributed by atoms with Crippen molar-refractivity contribution in [2.24, 2.45) is 10.9 Å². The fraction of sp³-hybridized carbons (Fsp3) is 0.941. The van der Waals surface area contributed by atoms with Crippen molar-refractivity contribution in [1.82, 2.24) is 15.5 Å². The third kappa shape index (κ3) is 4.54. The van der Waals surface area contributed by atoms with Crippen molar-refractivity contribution in [3.05, 3.63) is 0 Å². The molecule has 0 aromatic rings. The summed E-state index contributed by atoms with van der Waals surface area (Å²) in [5.41, 5.74) is 0.356. The first-order valence-corrected chi connectivity index (χ1v) is 10.3. The monoisotopic (exact) mass is 340 g/mol. The van der Waals surface area contributed by atoms with E-state index >= 15 is 0 Å². The van der Waals surface area contributed by atoms with Crippen LogP contribution in [0, 0.1) is 5.92 Å². The summed E-state index contributed by atoms with van der Waals surface area (Å²) >= 11 is 2.10. The van der Waals surface area contributed by atoms with Gasteiger partial charge in [-0.15, -0.1) is 0 Å². The zero-order chi connectivity index (χ0) is 16.0. The molecule has 3 aliphatic rings. The number of guanidine groups is 1. The van der Waals surface area contributed by atoms with E-state index in [9.17, 15) is 0 Å². The van der Waals surface area contributed by atoms with Crippen LogP contribution in [0.15, 0.2) is 4.99 Å². The van der Waals surface area contributed by atoms with Crippen molar-refractivity contribution < 1.29 is 4.74 Å². The van der Waals surface area contributed by atoms with Gasteiger partial charge in [-0.3, -0.25) is 9.89 Å². The molecular formula is C17H32N4OS. The lowest BCUT2D eigenvalue weighted by Gasteiger charge is -2.43. The van der Waals surface area contributed by atoms with Gasteiger partial charge in [0.25, 0.3) is 0 Å². The fourth-order valence-electron chi connectivity index (χ4n) is 4.13. The van der Waals surface area contributed by atoms with E-state index in [0.29, 0.717) is 11.5 Å². The van der Waals surface area contributed by atoms with Gasteiger partial charge in [0, 0.05) is 62.8 Å². The zero-order valence-corrected chi connectivity index (χ0v) is 15.3. The Morgan fingerprint density at radius 1 is 1.26 bits per heavy atom. The minimum absolute atomic E-state index is 0.356. The molecule has 2 saturated heterocycles. The van der Waals surface area contributed by atoms with Gasteiger partial charge in [-0.1, -0.05) is 12.8 Å². The maximum Gasteiger partial charge on any atom is 0.191 e. The number of hydrogen-bond donors (Lipinski definition) is 2. The van der Waals surface area contributed by atoms with Gasteiger partial charge in [-0.05, 0) is 19.3 Å². The molecule has 5 nitrogen and oxygen atoms in total. The van der Waals surface area contributed by atoms with E-state index in [1.807, 2.05) is 7.05 Å². The van der Waals surface area contributed by atoms with Gasteiger partial charge in [-0.2, -0.15) is 11.8 Å². The lowest BCUT2D eigenvalue weighted by molar-refractivity contribution is 0.107. The molecule has 3 rings (SSSR count). The predicted octanol–water partition coefficient (Wildman–Crippen LogP) is 1.55. The molecule has 0 spiro atoms. The predicted molar refractivity (Wildman–Crippen MR) is 98.4 cm³/mol. The van der Waals surface area contributed by atoms with E-state index in [1.165, 1.54) is 56.7 Å². The minimum atomic E-state index is 0.356. The summed E-state index contributed by atoms with van der Waals surface area (Å²) in [5, 5.41) is 7.11. The third-order valence-corrected chi connectivity index (χ3v) is 6.55. The summed E-state index contributed by atoms with van der Waals surface area (Å²) in [5.74, 6) is 4.16. The van der Waals surface area contributed by atoms with E-state index in [4.69, 9.17) is 4.74 Å². The first-order valence-electron chi connectivity index (χ1n) is 9.17. The molecule has 132 valence electrons. The van der Waals surface area contributed by atoms with Crippen molar-refractivity contribution in [3.63, 3.8) is 0 Å². The molecular weight excluding hydrogens is 308 g/mol. The average molecular weight is 341 g/mol. The Morgan fingerprint density at radius 2 is 2.04 bits per heavy atom. The molecule has 2 aliphatic heterocycles. The Hall–Kier alpha value is -0.460. The topological polar surface area (TPSA) is 48.9 Å². The quantitative estimate of drug-likeness (QED) is 0.587. The van der Waals surface area contributed by atoms with Crippen LogP contribution in [0.5, 0.6) is 0 Å². The second-order valence-electron chi connectivity index (χ2n) is 7.07. The summed E-state index contributed by atoms with van der Waals surface area (Å²) in [6, 6.07) is 0. The van der Waals surface area contributed by atoms with E-state index in [0.717, 1.165) is 32.3 Å². The zero-order valence-electron chi connectivity index (χ0n) is 14.5. The maximum atomic E-state index is 5.45. The molecule has 0 aromatic carbocycles. The summed E-state index contributed by atoms with van der Waals surface area (Å²) in [7, 11) is 1.87. The molecule has 0 aromatic heterocycles. The van der Waals surface area contributed by atoms with Crippen molar-refractivity contribution in [2.45, 2.75) is 37.6 Å². The normalized spacial score (nSPS) is 28.9. The summed E-state index contributed by atoms with van der Waals surface area (Å²) in [4.78, 5) is 7.17. The fourth-order valence-corrected chi connectivity index (χ4v) is 5.03. The average Bonchev–Trinajstić information content (AvgIpc) is 3.28. The second-order valence-corrected chi connectivity index (χ2v) is 8.29. The van der Waals surface area contributed by atoms with Crippen molar-refractivity contribution >= 4 is 17.7 Å². The number of nitrogens with one attached hydrogen (secondary N) is 2. The highest BCUT2D eigenvalue weighted by molar-refractivity contribution is 7.99. The van der Waals surface area contributed by atoms with E-state index in [2.05, 4.69) is 32.3 Å². The van der Waals surface area contributed by atoms with Crippen LogP contribution in [0.3, 0.4) is 0 Å². The van der Waals surface area contributed by atoms with Crippen LogP contribution in [0.2, 0.25) is 0 Å². The highest BCUT2D eigenvalue weighted by atomic mass is 32.2. The molecule has 1 aliphatic carbocycles. The molecule has 2 heterocycles. The Bertz CT molecular complexity index is 386. The van der Waals surface area contributed by atoms with E-state index in [1.54, 1.807) is 0 Å². The van der Waals surface area contributed by atoms with Crippen LogP contribution < -0.4 is 10.6 Å². The molecule has 3 fully saturated rings. The number of aliphatic imine (C=N–C) groups is 1. The lowest BCUT2D eigenvalue weighted by Crippen LogP contribution is -2.57. The van der Waals surface area contributed by atoms with Crippen molar-refractivity contribution in [2.75, 3.05) is 57.9 Å². The Morgan fingerprint density at radius 3 is 2.70 bits per heavy atom. The maximum absolute atomic E-state index is 5.45. The van der Waals surface area contributed by atoms with Gasteiger partial charge < -0.3 is 15.4 Å². The van der Waals surface area contributed by atoms with Gasteiger partial charge in [0.15, 0.2) is 5.96 Å². The Balaban J connectivity index is 1.50. The highest BCUT2D eigenvalue weighted by Gasteiger charge is 2.39. The highest BCUT2D eigenvalue weighted by Crippen LogP contribution is 2.36. The van der Waals surface area contributed by atoms with Gasteiger partial charge in [-0.25, -0.2) is 0 Å². The lowest BCUT2D eigenvalue weighted by atomic mass is 9.94. The summed E-state index contributed by atoms with van der Waals surface area (Å²) in [6.07, 6.45) is 6.57. The van der Waals surface area contributed by atoms with Gasteiger partial charge in [0.1, 0.15) is 0 Å². The Labute approximate surface area is 145 Å². The number of rotatable bonds is 5. The summed E-state index contributed by atoms with van der Waals surface area (Å²) < 4.78 is 5.45. The van der Waals surface area contributed by atoms with Crippen LogP contribution in [0.25, 0.3) is 0 Å². The number of thioether (sulfide) groups is 1. The number of ether oxygens (including phenoxy) is 1. The van der Waals surface area contributed by atoms with E-state index in [-0.39, 0.29) is 0 Å². The molecule has 0 amide bonds. The standard InChI is InChI=1S/C17H32N4OS/c1-18-16(19-12-15-4-9-22-13-15)20-14-17(5-2-3-6-17)21-7-10-23-11-8-21/h15H,2-14H2,1H3,(H2,18,19,20). The van der Waals surface area contributed by atoms with Crippen molar-refractivity contribution in [1.29, 1.82) is 0 Å². The summed E-state index contributed by atoms with van der Waals surface area (Å²) in [6.45, 7) is 6.29. The van der Waals surface area contributed by atoms with Crippen LogP contribution in [-0.2, 0) is 4.74 Å². The van der Waals surface area contributed by atoms with Gasteiger partial charge >= 0.3 is 0 Å². The molecule has 0 radical (unpaired) electrons. The van der Waals surface area contributed by atoms with Crippen molar-refractivity contribution in [3.8, 4) is 0 Å². The second kappa shape index (κ2) is 8.58. The third-order valence-electron chi connectivity index (χ3n) is 5.61. The minimum Gasteiger partial charge on any atom is -0.381 e.